The largest absolute Gasteiger partial charge is 0.439 e. The van der Waals surface area contributed by atoms with Crippen molar-refractivity contribution >= 4 is 17.7 Å². The molecule has 1 fully saturated rings. The molecule has 3 rings (SSSR count). The molecule has 5 heteroatoms. The molecular weight excluding hydrogens is 280 g/mol. The van der Waals surface area contributed by atoms with E-state index in [-0.39, 0.29) is 5.91 Å². The monoisotopic (exact) mass is 296 g/mol. The van der Waals surface area contributed by atoms with Crippen LogP contribution in [0.2, 0.25) is 0 Å². The maximum atomic E-state index is 12.4. The molecule has 2 amide bonds. The van der Waals surface area contributed by atoms with Crippen molar-refractivity contribution in [1.82, 2.24) is 5.32 Å². The SMILES string of the molecule is Cc1cccc(NC(=O)C2NC(=O)OC2c2ccccc2)c1. The lowest BCUT2D eigenvalue weighted by Crippen LogP contribution is -2.40. The van der Waals surface area contributed by atoms with Gasteiger partial charge in [0.25, 0.3) is 5.91 Å². The zero-order valence-corrected chi connectivity index (χ0v) is 12.1. The molecule has 22 heavy (non-hydrogen) atoms. The van der Waals surface area contributed by atoms with Crippen LogP contribution < -0.4 is 10.6 Å². The molecule has 2 atom stereocenters. The van der Waals surface area contributed by atoms with Crippen molar-refractivity contribution in [3.05, 3.63) is 65.7 Å². The van der Waals surface area contributed by atoms with Crippen LogP contribution >= 0.6 is 0 Å². The highest BCUT2D eigenvalue weighted by molar-refractivity contribution is 5.98. The van der Waals surface area contributed by atoms with Gasteiger partial charge in [0.05, 0.1) is 0 Å². The van der Waals surface area contributed by atoms with E-state index in [1.54, 1.807) is 6.07 Å². The predicted octanol–water partition coefficient (Wildman–Crippen LogP) is 2.78. The molecule has 0 spiro atoms. The number of aryl methyl sites for hydroxylation is 1. The van der Waals surface area contributed by atoms with E-state index in [1.807, 2.05) is 55.5 Å². The molecule has 0 aliphatic carbocycles. The Morgan fingerprint density at radius 3 is 2.64 bits per heavy atom. The van der Waals surface area contributed by atoms with Gasteiger partial charge < -0.3 is 15.4 Å². The fraction of sp³-hybridized carbons (Fsp3) is 0.176. The van der Waals surface area contributed by atoms with E-state index in [9.17, 15) is 9.59 Å². The molecule has 1 aliphatic rings. The fourth-order valence-corrected chi connectivity index (χ4v) is 2.47. The first kappa shape index (κ1) is 14.1. The zero-order chi connectivity index (χ0) is 15.5. The Hall–Kier alpha value is -2.82. The van der Waals surface area contributed by atoms with E-state index in [2.05, 4.69) is 10.6 Å². The Morgan fingerprint density at radius 1 is 1.14 bits per heavy atom. The second-order valence-electron chi connectivity index (χ2n) is 5.22. The predicted molar refractivity (Wildman–Crippen MR) is 82.4 cm³/mol. The maximum Gasteiger partial charge on any atom is 0.408 e. The average molecular weight is 296 g/mol. The summed E-state index contributed by atoms with van der Waals surface area (Å²) in [6.45, 7) is 1.95. The number of nitrogens with one attached hydrogen (secondary N) is 2. The fourth-order valence-electron chi connectivity index (χ4n) is 2.47. The number of carbonyl (C=O) groups excluding carboxylic acids is 2. The first-order valence-corrected chi connectivity index (χ1v) is 7.03. The topological polar surface area (TPSA) is 67.4 Å². The molecule has 0 aromatic heterocycles. The highest BCUT2D eigenvalue weighted by Gasteiger charge is 2.40. The lowest BCUT2D eigenvalue weighted by molar-refractivity contribution is -0.119. The number of amides is 2. The summed E-state index contributed by atoms with van der Waals surface area (Å²) in [5.41, 5.74) is 2.52. The Labute approximate surface area is 128 Å². The smallest absolute Gasteiger partial charge is 0.408 e. The summed E-state index contributed by atoms with van der Waals surface area (Å²) in [5, 5.41) is 5.38. The molecule has 2 N–H and O–H groups in total. The van der Waals surface area contributed by atoms with Gasteiger partial charge in [-0.25, -0.2) is 4.79 Å². The van der Waals surface area contributed by atoms with Gasteiger partial charge in [0.2, 0.25) is 0 Å². The third kappa shape index (κ3) is 2.93. The Morgan fingerprint density at radius 2 is 1.91 bits per heavy atom. The average Bonchev–Trinajstić information content (AvgIpc) is 2.90. The number of cyclic esters (lactones) is 1. The number of benzene rings is 2. The summed E-state index contributed by atoms with van der Waals surface area (Å²) in [6.07, 6.45) is -1.21. The van der Waals surface area contributed by atoms with E-state index in [1.165, 1.54) is 0 Å². The lowest BCUT2D eigenvalue weighted by atomic mass is 10.0. The van der Waals surface area contributed by atoms with Crippen LogP contribution in [-0.4, -0.2) is 18.0 Å². The molecular formula is C17H16N2O3. The van der Waals surface area contributed by atoms with Crippen molar-refractivity contribution in [2.24, 2.45) is 0 Å². The second-order valence-corrected chi connectivity index (χ2v) is 5.22. The van der Waals surface area contributed by atoms with Crippen LogP contribution in [0.5, 0.6) is 0 Å². The van der Waals surface area contributed by atoms with Crippen LogP contribution in [0, 0.1) is 6.92 Å². The van der Waals surface area contributed by atoms with E-state index in [0.717, 1.165) is 11.1 Å². The zero-order valence-electron chi connectivity index (χ0n) is 12.1. The van der Waals surface area contributed by atoms with Crippen LogP contribution in [0.1, 0.15) is 17.2 Å². The van der Waals surface area contributed by atoms with E-state index in [0.29, 0.717) is 5.69 Å². The summed E-state index contributed by atoms with van der Waals surface area (Å²) in [7, 11) is 0. The quantitative estimate of drug-likeness (QED) is 0.915. The third-order valence-electron chi connectivity index (χ3n) is 3.51. The molecule has 2 aromatic rings. The molecule has 0 radical (unpaired) electrons. The first-order valence-electron chi connectivity index (χ1n) is 7.03. The van der Waals surface area contributed by atoms with Crippen LogP contribution in [0.15, 0.2) is 54.6 Å². The molecule has 2 unspecified atom stereocenters. The second kappa shape index (κ2) is 5.89. The van der Waals surface area contributed by atoms with E-state index >= 15 is 0 Å². The lowest BCUT2D eigenvalue weighted by Gasteiger charge is -2.17. The van der Waals surface area contributed by atoms with Crippen molar-refractivity contribution in [1.29, 1.82) is 0 Å². The third-order valence-corrected chi connectivity index (χ3v) is 3.51. The number of ether oxygens (including phenoxy) is 1. The minimum Gasteiger partial charge on any atom is -0.439 e. The summed E-state index contributed by atoms with van der Waals surface area (Å²) >= 11 is 0. The molecule has 2 aromatic carbocycles. The summed E-state index contributed by atoms with van der Waals surface area (Å²) in [4.78, 5) is 24.0. The highest BCUT2D eigenvalue weighted by atomic mass is 16.6. The van der Waals surface area contributed by atoms with Gasteiger partial charge in [0.1, 0.15) is 0 Å². The van der Waals surface area contributed by atoms with Gasteiger partial charge in [-0.2, -0.15) is 0 Å². The number of anilines is 1. The van der Waals surface area contributed by atoms with E-state index < -0.39 is 18.2 Å². The summed E-state index contributed by atoms with van der Waals surface area (Å²) in [6, 6.07) is 16.0. The highest BCUT2D eigenvalue weighted by Crippen LogP contribution is 2.27. The van der Waals surface area contributed by atoms with Crippen LogP contribution in [0.3, 0.4) is 0 Å². The molecule has 0 bridgehead atoms. The van der Waals surface area contributed by atoms with Gasteiger partial charge >= 0.3 is 6.09 Å². The van der Waals surface area contributed by atoms with Gasteiger partial charge in [0, 0.05) is 5.69 Å². The van der Waals surface area contributed by atoms with Crippen LogP contribution in [0.25, 0.3) is 0 Å². The molecule has 1 saturated heterocycles. The molecule has 1 heterocycles. The molecule has 112 valence electrons. The number of alkyl carbamates (subject to hydrolysis) is 1. The maximum absolute atomic E-state index is 12.4. The number of hydrogen-bond donors (Lipinski definition) is 2. The molecule has 0 saturated carbocycles. The normalized spacial score (nSPS) is 20.1. The van der Waals surface area contributed by atoms with Crippen molar-refractivity contribution in [3.63, 3.8) is 0 Å². The van der Waals surface area contributed by atoms with Gasteiger partial charge in [-0.1, -0.05) is 42.5 Å². The van der Waals surface area contributed by atoms with Gasteiger partial charge in [-0.15, -0.1) is 0 Å². The Balaban J connectivity index is 1.79. The van der Waals surface area contributed by atoms with Crippen molar-refractivity contribution < 1.29 is 14.3 Å². The molecule has 1 aliphatic heterocycles. The van der Waals surface area contributed by atoms with Gasteiger partial charge in [-0.3, -0.25) is 4.79 Å². The number of rotatable bonds is 3. The van der Waals surface area contributed by atoms with Crippen LogP contribution in [0.4, 0.5) is 10.5 Å². The summed E-state index contributed by atoms with van der Waals surface area (Å²) < 4.78 is 5.23. The van der Waals surface area contributed by atoms with Crippen molar-refractivity contribution in [2.75, 3.05) is 5.32 Å². The molecule has 5 nitrogen and oxygen atoms in total. The van der Waals surface area contributed by atoms with Crippen molar-refractivity contribution in [2.45, 2.75) is 19.1 Å². The summed E-state index contributed by atoms with van der Waals surface area (Å²) in [5.74, 6) is -0.301. The number of carbonyl (C=O) groups is 2. The van der Waals surface area contributed by atoms with Crippen molar-refractivity contribution in [3.8, 4) is 0 Å². The van der Waals surface area contributed by atoms with Gasteiger partial charge in [-0.05, 0) is 30.2 Å². The first-order chi connectivity index (χ1) is 10.6. The van der Waals surface area contributed by atoms with E-state index in [4.69, 9.17) is 4.74 Å². The standard InChI is InChI=1S/C17H16N2O3/c1-11-6-5-9-13(10-11)18-16(20)14-15(22-17(21)19-14)12-7-3-2-4-8-12/h2-10,14-15H,1H3,(H,18,20)(H,19,21). The minimum atomic E-state index is -0.754. The Kier molecular flexibility index (Phi) is 3.78. The van der Waals surface area contributed by atoms with Gasteiger partial charge in [0.15, 0.2) is 12.1 Å². The van der Waals surface area contributed by atoms with Crippen LogP contribution in [-0.2, 0) is 9.53 Å². The minimum absolute atomic E-state index is 0.301. The Bertz CT molecular complexity index is 700. The number of hydrogen-bond acceptors (Lipinski definition) is 3.